The summed E-state index contributed by atoms with van der Waals surface area (Å²) in [5, 5.41) is 1.88. The summed E-state index contributed by atoms with van der Waals surface area (Å²) in [4.78, 5) is 41.8. The predicted octanol–water partition coefficient (Wildman–Crippen LogP) is 1.39. The van der Waals surface area contributed by atoms with Crippen molar-refractivity contribution in [2.24, 2.45) is 7.05 Å². The van der Waals surface area contributed by atoms with Crippen LogP contribution in [0.25, 0.3) is 11.0 Å². The topological polar surface area (TPSA) is 67.6 Å². The molecule has 0 radical (unpaired) electrons. The van der Waals surface area contributed by atoms with Gasteiger partial charge in [-0.2, -0.15) is 0 Å². The van der Waals surface area contributed by atoms with Gasteiger partial charge in [-0.15, -0.1) is 11.3 Å². The molecule has 1 aliphatic heterocycles. The molecule has 1 aromatic carbocycles. The number of aromatic nitrogens is 2. The number of aryl methyl sites for hydroxylation is 1. The number of para-hydroxylation sites is 2. The molecular weight excluding hydrogens is 364 g/mol. The van der Waals surface area contributed by atoms with E-state index in [1.54, 1.807) is 21.4 Å². The summed E-state index contributed by atoms with van der Waals surface area (Å²) < 4.78 is 3.07. The predicted molar refractivity (Wildman–Crippen MR) is 104 cm³/mol. The minimum Gasteiger partial charge on any atom is -0.338 e. The highest BCUT2D eigenvalue weighted by Gasteiger charge is 2.26. The van der Waals surface area contributed by atoms with E-state index in [-0.39, 0.29) is 24.0 Å². The average Bonchev–Trinajstić information content (AvgIpc) is 3.32. The van der Waals surface area contributed by atoms with Crippen LogP contribution in [-0.2, 0) is 18.4 Å². The highest BCUT2D eigenvalue weighted by Crippen LogP contribution is 2.15. The molecule has 3 heterocycles. The van der Waals surface area contributed by atoms with Crippen LogP contribution in [0.15, 0.2) is 46.6 Å². The lowest BCUT2D eigenvalue weighted by Crippen LogP contribution is -2.51. The first kappa shape index (κ1) is 17.5. The normalized spacial score (nSPS) is 14.7. The molecule has 1 saturated heterocycles. The van der Waals surface area contributed by atoms with E-state index in [0.29, 0.717) is 26.2 Å². The van der Waals surface area contributed by atoms with Crippen molar-refractivity contribution in [3.8, 4) is 0 Å². The molecule has 3 aromatic rings. The lowest BCUT2D eigenvalue weighted by Gasteiger charge is -2.34. The first-order valence-electron chi connectivity index (χ1n) is 8.81. The summed E-state index contributed by atoms with van der Waals surface area (Å²) in [6.45, 7) is 1.99. The lowest BCUT2D eigenvalue weighted by atomic mass is 10.2. The number of hydrogen-bond acceptors (Lipinski definition) is 4. The lowest BCUT2D eigenvalue weighted by molar-refractivity contribution is -0.133. The minimum atomic E-state index is -0.198. The number of hydrogen-bond donors (Lipinski definition) is 0. The van der Waals surface area contributed by atoms with Gasteiger partial charge in [-0.3, -0.25) is 18.7 Å². The summed E-state index contributed by atoms with van der Waals surface area (Å²) in [6, 6.07) is 11.1. The molecular formula is C19H20N4O3S. The molecule has 0 spiro atoms. The summed E-state index contributed by atoms with van der Waals surface area (Å²) in [5.74, 6) is -0.0842. The number of carbonyl (C=O) groups excluding carboxylic acids is 2. The molecule has 0 saturated carbocycles. The Morgan fingerprint density at radius 1 is 0.963 bits per heavy atom. The number of carbonyl (C=O) groups is 2. The highest BCUT2D eigenvalue weighted by molar-refractivity contribution is 7.12. The number of amides is 2. The Morgan fingerprint density at radius 3 is 2.30 bits per heavy atom. The number of rotatable bonds is 3. The monoisotopic (exact) mass is 384 g/mol. The Balaban J connectivity index is 1.44. The Kier molecular flexibility index (Phi) is 4.57. The largest absolute Gasteiger partial charge is 0.338 e. The van der Waals surface area contributed by atoms with E-state index in [1.807, 2.05) is 41.8 Å². The molecule has 2 aromatic heterocycles. The number of thiophene rings is 1. The van der Waals surface area contributed by atoms with Crippen LogP contribution in [0.1, 0.15) is 9.67 Å². The summed E-state index contributed by atoms with van der Waals surface area (Å²) >= 11 is 1.43. The van der Waals surface area contributed by atoms with Crippen LogP contribution in [0.2, 0.25) is 0 Å². The van der Waals surface area contributed by atoms with Crippen LogP contribution in [0.4, 0.5) is 0 Å². The SMILES string of the molecule is Cn1c(=O)n(CC(=O)N2CCN(C(=O)c3cccs3)CC2)c2ccccc21. The molecule has 0 bridgehead atoms. The molecule has 1 fully saturated rings. The third kappa shape index (κ3) is 3.16. The van der Waals surface area contributed by atoms with Crippen LogP contribution < -0.4 is 5.69 Å². The maximum atomic E-state index is 12.7. The van der Waals surface area contributed by atoms with E-state index >= 15 is 0 Å². The fourth-order valence-corrected chi connectivity index (χ4v) is 4.16. The van der Waals surface area contributed by atoms with Gasteiger partial charge in [0.15, 0.2) is 0 Å². The Morgan fingerprint density at radius 2 is 1.63 bits per heavy atom. The van der Waals surface area contributed by atoms with Gasteiger partial charge in [0.1, 0.15) is 6.54 Å². The van der Waals surface area contributed by atoms with Crippen molar-refractivity contribution in [3.05, 3.63) is 57.1 Å². The van der Waals surface area contributed by atoms with Crippen LogP contribution in [0, 0.1) is 0 Å². The number of piperazine rings is 1. The zero-order valence-corrected chi connectivity index (χ0v) is 15.8. The van der Waals surface area contributed by atoms with Gasteiger partial charge >= 0.3 is 5.69 Å². The van der Waals surface area contributed by atoms with Gasteiger partial charge in [0.05, 0.1) is 15.9 Å². The molecule has 0 aliphatic carbocycles. The molecule has 27 heavy (non-hydrogen) atoms. The smallest absolute Gasteiger partial charge is 0.329 e. The van der Waals surface area contributed by atoms with Crippen molar-refractivity contribution in [1.82, 2.24) is 18.9 Å². The Hall–Kier alpha value is -2.87. The molecule has 1 aliphatic rings. The van der Waals surface area contributed by atoms with E-state index in [4.69, 9.17) is 0 Å². The van der Waals surface area contributed by atoms with Gasteiger partial charge in [0, 0.05) is 33.2 Å². The first-order valence-corrected chi connectivity index (χ1v) is 9.69. The Labute approximate surface area is 160 Å². The molecule has 7 nitrogen and oxygen atoms in total. The van der Waals surface area contributed by atoms with Gasteiger partial charge in [0.25, 0.3) is 5.91 Å². The van der Waals surface area contributed by atoms with Crippen molar-refractivity contribution in [2.75, 3.05) is 26.2 Å². The molecule has 0 atom stereocenters. The van der Waals surface area contributed by atoms with Crippen molar-refractivity contribution in [3.63, 3.8) is 0 Å². The van der Waals surface area contributed by atoms with E-state index in [0.717, 1.165) is 15.9 Å². The van der Waals surface area contributed by atoms with Crippen molar-refractivity contribution in [1.29, 1.82) is 0 Å². The second kappa shape index (κ2) is 7.03. The summed E-state index contributed by atoms with van der Waals surface area (Å²) in [7, 11) is 1.71. The zero-order chi connectivity index (χ0) is 19.0. The van der Waals surface area contributed by atoms with Crippen LogP contribution >= 0.6 is 11.3 Å². The van der Waals surface area contributed by atoms with Gasteiger partial charge < -0.3 is 9.80 Å². The second-order valence-electron chi connectivity index (χ2n) is 6.57. The minimum absolute atomic E-state index is 0.0130. The second-order valence-corrected chi connectivity index (χ2v) is 7.51. The molecule has 8 heteroatoms. The number of benzene rings is 1. The number of fused-ring (bicyclic) bond motifs is 1. The first-order chi connectivity index (χ1) is 13.1. The molecule has 0 unspecified atom stereocenters. The van der Waals surface area contributed by atoms with E-state index in [2.05, 4.69) is 0 Å². The van der Waals surface area contributed by atoms with Crippen LogP contribution in [0.3, 0.4) is 0 Å². The van der Waals surface area contributed by atoms with Crippen molar-refractivity contribution in [2.45, 2.75) is 6.54 Å². The summed E-state index contributed by atoms with van der Waals surface area (Å²) in [6.07, 6.45) is 0. The van der Waals surface area contributed by atoms with E-state index in [1.165, 1.54) is 15.9 Å². The third-order valence-electron chi connectivity index (χ3n) is 5.00. The zero-order valence-electron chi connectivity index (χ0n) is 15.0. The van der Waals surface area contributed by atoms with Crippen molar-refractivity contribution >= 4 is 34.2 Å². The van der Waals surface area contributed by atoms with Crippen molar-refractivity contribution < 1.29 is 9.59 Å². The van der Waals surface area contributed by atoms with Gasteiger partial charge in [-0.1, -0.05) is 18.2 Å². The van der Waals surface area contributed by atoms with E-state index in [9.17, 15) is 14.4 Å². The molecule has 140 valence electrons. The van der Waals surface area contributed by atoms with Gasteiger partial charge in [-0.05, 0) is 23.6 Å². The van der Waals surface area contributed by atoms with Gasteiger partial charge in [-0.25, -0.2) is 4.79 Å². The molecule has 4 rings (SSSR count). The summed E-state index contributed by atoms with van der Waals surface area (Å²) in [5.41, 5.74) is 1.36. The average molecular weight is 384 g/mol. The highest BCUT2D eigenvalue weighted by atomic mass is 32.1. The maximum Gasteiger partial charge on any atom is 0.329 e. The quantitative estimate of drug-likeness (QED) is 0.685. The maximum absolute atomic E-state index is 12.7. The number of nitrogens with zero attached hydrogens (tertiary/aromatic N) is 4. The fourth-order valence-electron chi connectivity index (χ4n) is 3.47. The van der Waals surface area contributed by atoms with Gasteiger partial charge in [0.2, 0.25) is 5.91 Å². The fraction of sp³-hybridized carbons (Fsp3) is 0.316. The number of imidazole rings is 1. The molecule has 2 amide bonds. The third-order valence-corrected chi connectivity index (χ3v) is 5.85. The Bertz CT molecular complexity index is 1040. The van der Waals surface area contributed by atoms with E-state index < -0.39 is 0 Å². The standard InChI is InChI=1S/C19H20N4O3S/c1-20-14-5-2-3-6-15(14)23(19(20)26)13-17(24)21-8-10-22(11-9-21)18(25)16-7-4-12-27-16/h2-7,12H,8-11,13H2,1H3. The van der Waals surface area contributed by atoms with Crippen LogP contribution in [0.5, 0.6) is 0 Å². The molecule has 0 N–H and O–H groups in total. The van der Waals surface area contributed by atoms with Crippen LogP contribution in [-0.4, -0.2) is 56.9 Å².